The average Bonchev–Trinajstić information content (AvgIpc) is 2.74. The van der Waals surface area contributed by atoms with Crippen molar-refractivity contribution < 1.29 is 19.0 Å². The van der Waals surface area contributed by atoms with Crippen LogP contribution in [0.2, 0.25) is 0 Å². The summed E-state index contributed by atoms with van der Waals surface area (Å²) in [6.07, 6.45) is 4.22. The predicted octanol–water partition coefficient (Wildman–Crippen LogP) is 4.53. The molecule has 0 bridgehead atoms. The van der Waals surface area contributed by atoms with Gasteiger partial charge in [-0.3, -0.25) is 9.69 Å². The molecule has 0 radical (unpaired) electrons. The topological polar surface area (TPSA) is 61.8 Å². The van der Waals surface area contributed by atoms with Gasteiger partial charge in [0.15, 0.2) is 0 Å². The third-order valence-electron chi connectivity index (χ3n) is 6.89. The number of carbonyl (C=O) groups excluding carboxylic acids is 1. The minimum Gasteiger partial charge on any atom is -0.493 e. The molecule has 3 rings (SSSR count). The quantitative estimate of drug-likeness (QED) is 0.521. The normalized spacial score (nSPS) is 18.2. The van der Waals surface area contributed by atoms with Crippen molar-refractivity contribution in [1.29, 1.82) is 0 Å². The van der Waals surface area contributed by atoms with E-state index in [0.717, 1.165) is 37.3 Å². The molecule has 1 aromatic rings. The van der Waals surface area contributed by atoms with Gasteiger partial charge >= 0.3 is 0 Å². The number of ether oxygens (including phenoxy) is 1. The van der Waals surface area contributed by atoms with E-state index in [2.05, 4.69) is 43.1 Å². The van der Waals surface area contributed by atoms with Gasteiger partial charge < -0.3 is 15.2 Å². The molecule has 1 fully saturated rings. The van der Waals surface area contributed by atoms with E-state index >= 15 is 0 Å². The number of allylic oxidation sites excluding steroid dienone is 3. The maximum absolute atomic E-state index is 13.7. The molecule has 1 aliphatic heterocycles. The minimum absolute atomic E-state index is 0.139. The fourth-order valence-corrected chi connectivity index (χ4v) is 4.39. The standard InChI is InChI=1S/C26H37FN2O3/c1-17-7-8-22(13-24(17)27)26(31)28-14-21-15-29(16-21)20(4)23-9-10-25(19(3)18(23)2)32-12-6-5-11-30/h9-10,13,20-21,30H,5-8,11-12,14-16H2,1-4H3,(H,28,31). The van der Waals surface area contributed by atoms with Crippen molar-refractivity contribution in [2.24, 2.45) is 5.92 Å². The second-order valence-electron chi connectivity index (χ2n) is 9.19. The summed E-state index contributed by atoms with van der Waals surface area (Å²) in [6.45, 7) is 11.6. The van der Waals surface area contributed by atoms with Gasteiger partial charge in [-0.2, -0.15) is 0 Å². The molecule has 0 spiro atoms. The van der Waals surface area contributed by atoms with Crippen molar-refractivity contribution in [2.75, 3.05) is 32.8 Å². The van der Waals surface area contributed by atoms with Gasteiger partial charge in [0.25, 0.3) is 0 Å². The summed E-state index contributed by atoms with van der Waals surface area (Å²) in [5, 5.41) is 11.9. The van der Waals surface area contributed by atoms with Crippen molar-refractivity contribution in [1.82, 2.24) is 10.2 Å². The number of carbonyl (C=O) groups is 1. The van der Waals surface area contributed by atoms with E-state index in [1.165, 1.54) is 22.8 Å². The van der Waals surface area contributed by atoms with E-state index in [4.69, 9.17) is 9.84 Å². The van der Waals surface area contributed by atoms with Gasteiger partial charge in [0.05, 0.1) is 6.61 Å². The molecule has 6 heteroatoms. The molecule has 0 aromatic heterocycles. The molecular weight excluding hydrogens is 407 g/mol. The molecule has 5 nitrogen and oxygen atoms in total. The zero-order chi connectivity index (χ0) is 23.3. The average molecular weight is 445 g/mol. The number of halogens is 1. The van der Waals surface area contributed by atoms with E-state index in [-0.39, 0.29) is 18.3 Å². The van der Waals surface area contributed by atoms with Crippen LogP contribution in [-0.4, -0.2) is 48.8 Å². The Balaban J connectivity index is 1.48. The molecule has 1 atom stereocenters. The Morgan fingerprint density at radius 1 is 1.22 bits per heavy atom. The molecule has 1 unspecified atom stereocenters. The summed E-state index contributed by atoms with van der Waals surface area (Å²) in [7, 11) is 0. The SMILES string of the molecule is CC1=C(F)C=C(C(=O)NCC2CN(C(C)c3ccc(OCCCCO)c(C)c3C)C2)CC1. The lowest BCUT2D eigenvalue weighted by atomic mass is 9.91. The zero-order valence-corrected chi connectivity index (χ0v) is 19.8. The van der Waals surface area contributed by atoms with Gasteiger partial charge in [-0.25, -0.2) is 4.39 Å². The van der Waals surface area contributed by atoms with Crippen LogP contribution >= 0.6 is 0 Å². The van der Waals surface area contributed by atoms with E-state index in [1.54, 1.807) is 6.92 Å². The van der Waals surface area contributed by atoms with Crippen LogP contribution in [0.25, 0.3) is 0 Å². The Morgan fingerprint density at radius 3 is 2.66 bits per heavy atom. The maximum atomic E-state index is 13.7. The molecule has 1 aromatic carbocycles. The number of aliphatic hydroxyl groups is 1. The van der Waals surface area contributed by atoms with Crippen molar-refractivity contribution in [3.8, 4) is 5.75 Å². The maximum Gasteiger partial charge on any atom is 0.247 e. The predicted molar refractivity (Wildman–Crippen MR) is 125 cm³/mol. The van der Waals surface area contributed by atoms with E-state index in [0.29, 0.717) is 43.5 Å². The number of hydrogen-bond donors (Lipinski definition) is 2. The van der Waals surface area contributed by atoms with Crippen molar-refractivity contribution in [3.05, 3.63) is 51.9 Å². The molecule has 32 heavy (non-hydrogen) atoms. The molecule has 2 aliphatic rings. The number of rotatable bonds is 10. The van der Waals surface area contributed by atoms with Crippen molar-refractivity contribution in [3.63, 3.8) is 0 Å². The fourth-order valence-electron chi connectivity index (χ4n) is 4.39. The van der Waals surface area contributed by atoms with Crippen LogP contribution in [-0.2, 0) is 4.79 Å². The first-order valence-corrected chi connectivity index (χ1v) is 11.7. The second kappa shape index (κ2) is 11.1. The molecular formula is C26H37FN2O3. The van der Waals surface area contributed by atoms with E-state index < -0.39 is 0 Å². The number of likely N-dealkylation sites (tertiary alicyclic amines) is 1. The highest BCUT2D eigenvalue weighted by Crippen LogP contribution is 2.34. The summed E-state index contributed by atoms with van der Waals surface area (Å²) in [6, 6.07) is 4.51. The van der Waals surface area contributed by atoms with Crippen LogP contribution in [0.4, 0.5) is 4.39 Å². The lowest BCUT2D eigenvalue weighted by molar-refractivity contribution is -0.118. The van der Waals surface area contributed by atoms with Crippen LogP contribution in [0, 0.1) is 19.8 Å². The fraction of sp³-hybridized carbons (Fsp3) is 0.577. The number of aliphatic hydroxyl groups excluding tert-OH is 1. The third kappa shape index (κ3) is 5.78. The van der Waals surface area contributed by atoms with E-state index in [9.17, 15) is 9.18 Å². The molecule has 0 saturated carbocycles. The molecule has 1 amide bonds. The van der Waals surface area contributed by atoms with Gasteiger partial charge in [0, 0.05) is 43.8 Å². The Hall–Kier alpha value is -2.18. The summed E-state index contributed by atoms with van der Waals surface area (Å²) in [5.41, 5.74) is 4.99. The lowest BCUT2D eigenvalue weighted by Crippen LogP contribution is -2.52. The Kier molecular flexibility index (Phi) is 8.49. The van der Waals surface area contributed by atoms with Crippen LogP contribution in [0.3, 0.4) is 0 Å². The Labute approximate surface area is 191 Å². The van der Waals surface area contributed by atoms with Gasteiger partial charge in [0.1, 0.15) is 11.6 Å². The van der Waals surface area contributed by atoms with Crippen molar-refractivity contribution >= 4 is 5.91 Å². The van der Waals surface area contributed by atoms with Gasteiger partial charge in [-0.1, -0.05) is 6.07 Å². The van der Waals surface area contributed by atoms with Crippen LogP contribution in [0.1, 0.15) is 62.3 Å². The molecule has 176 valence electrons. The van der Waals surface area contributed by atoms with Gasteiger partial charge in [-0.05, 0) is 87.8 Å². The molecule has 1 heterocycles. The number of benzene rings is 1. The first-order valence-electron chi connectivity index (χ1n) is 11.7. The van der Waals surface area contributed by atoms with Crippen molar-refractivity contribution in [2.45, 2.75) is 59.4 Å². The summed E-state index contributed by atoms with van der Waals surface area (Å²) < 4.78 is 19.6. The molecule has 1 saturated heterocycles. The number of nitrogens with one attached hydrogen (secondary N) is 1. The third-order valence-corrected chi connectivity index (χ3v) is 6.89. The largest absolute Gasteiger partial charge is 0.493 e. The van der Waals surface area contributed by atoms with Gasteiger partial charge in [-0.15, -0.1) is 0 Å². The minimum atomic E-state index is -0.266. The van der Waals surface area contributed by atoms with E-state index in [1.807, 2.05) is 0 Å². The number of hydrogen-bond acceptors (Lipinski definition) is 4. The number of amides is 1. The summed E-state index contributed by atoms with van der Waals surface area (Å²) in [4.78, 5) is 14.8. The van der Waals surface area contributed by atoms with Crippen LogP contribution in [0.15, 0.2) is 35.2 Å². The Morgan fingerprint density at radius 2 is 1.97 bits per heavy atom. The zero-order valence-electron chi connectivity index (χ0n) is 19.8. The monoisotopic (exact) mass is 444 g/mol. The van der Waals surface area contributed by atoms with Gasteiger partial charge in [0.2, 0.25) is 5.91 Å². The van der Waals surface area contributed by atoms with Crippen LogP contribution in [0.5, 0.6) is 5.75 Å². The van der Waals surface area contributed by atoms with Crippen LogP contribution < -0.4 is 10.1 Å². The smallest absolute Gasteiger partial charge is 0.247 e. The number of unbranched alkanes of at least 4 members (excludes halogenated alkanes) is 1. The lowest BCUT2D eigenvalue weighted by Gasteiger charge is -2.44. The number of nitrogens with zero attached hydrogens (tertiary/aromatic N) is 1. The second-order valence-corrected chi connectivity index (χ2v) is 9.19. The highest BCUT2D eigenvalue weighted by Gasteiger charge is 2.32. The highest BCUT2D eigenvalue weighted by molar-refractivity contribution is 5.94. The summed E-state index contributed by atoms with van der Waals surface area (Å²) >= 11 is 0. The highest BCUT2D eigenvalue weighted by atomic mass is 19.1. The summed E-state index contributed by atoms with van der Waals surface area (Å²) in [5.74, 6) is 0.930. The first kappa shape index (κ1) is 24.5. The first-order chi connectivity index (χ1) is 15.3. The molecule has 2 N–H and O–H groups in total. The Bertz CT molecular complexity index is 887. The molecule has 1 aliphatic carbocycles.